The lowest BCUT2D eigenvalue weighted by atomic mass is 10.1. The average molecular weight is 295 g/mol. The van der Waals surface area contributed by atoms with Gasteiger partial charge in [-0.3, -0.25) is 9.59 Å². The summed E-state index contributed by atoms with van der Waals surface area (Å²) in [5.74, 6) is -0.351. The molecule has 0 aliphatic rings. The van der Waals surface area contributed by atoms with Crippen LogP contribution >= 0.6 is 15.9 Å². The predicted molar refractivity (Wildman–Crippen MR) is 70.7 cm³/mol. The summed E-state index contributed by atoms with van der Waals surface area (Å²) in [5, 5.41) is 4.15. The Morgan fingerprint density at radius 1 is 1.35 bits per heavy atom. The first-order valence-electron chi connectivity index (χ1n) is 5.18. The second-order valence-electron chi connectivity index (χ2n) is 3.54. The van der Waals surface area contributed by atoms with Crippen molar-refractivity contribution in [1.82, 2.24) is 10.3 Å². The van der Waals surface area contributed by atoms with Crippen molar-refractivity contribution in [2.24, 2.45) is 0 Å². The van der Waals surface area contributed by atoms with Gasteiger partial charge in [0.2, 0.25) is 0 Å². The number of benzene rings is 1. The van der Waals surface area contributed by atoms with E-state index < -0.39 is 0 Å². The van der Waals surface area contributed by atoms with E-state index in [4.69, 9.17) is 0 Å². The van der Waals surface area contributed by atoms with Crippen LogP contribution in [0.15, 0.2) is 35.1 Å². The molecule has 0 saturated heterocycles. The summed E-state index contributed by atoms with van der Waals surface area (Å²) in [5.41, 5.74) is 0.509. The van der Waals surface area contributed by atoms with Gasteiger partial charge in [-0.1, -0.05) is 34.1 Å². The maximum atomic E-state index is 11.7. The molecule has 0 atom stereocenters. The lowest BCUT2D eigenvalue weighted by molar-refractivity contribution is 0.0955. The van der Waals surface area contributed by atoms with Crippen LogP contribution in [-0.4, -0.2) is 22.8 Å². The van der Waals surface area contributed by atoms with Crippen molar-refractivity contribution in [2.45, 2.75) is 0 Å². The third kappa shape index (κ3) is 2.55. The van der Waals surface area contributed by atoms with E-state index in [0.717, 1.165) is 10.9 Å². The molecule has 0 spiro atoms. The van der Waals surface area contributed by atoms with Gasteiger partial charge in [-0.2, -0.15) is 0 Å². The molecule has 0 aliphatic carbocycles. The Balaban J connectivity index is 2.44. The van der Waals surface area contributed by atoms with E-state index in [1.165, 1.54) is 0 Å². The lowest BCUT2D eigenvalue weighted by Crippen LogP contribution is -2.30. The predicted octanol–water partition coefficient (Wildman–Crippen LogP) is 1.65. The van der Waals surface area contributed by atoms with Crippen LogP contribution in [0.25, 0.3) is 10.9 Å². The van der Waals surface area contributed by atoms with Gasteiger partial charge in [0.1, 0.15) is 5.56 Å². The second-order valence-corrected chi connectivity index (χ2v) is 4.34. The number of rotatable bonds is 3. The number of aromatic amines is 1. The molecule has 88 valence electrons. The van der Waals surface area contributed by atoms with Gasteiger partial charge >= 0.3 is 0 Å². The number of H-pyrrole nitrogens is 1. The number of aromatic nitrogens is 1. The van der Waals surface area contributed by atoms with Crippen molar-refractivity contribution >= 4 is 32.7 Å². The number of nitrogens with one attached hydrogen (secondary N) is 2. The fraction of sp³-hybridized carbons (Fsp3) is 0.167. The van der Waals surface area contributed by atoms with Gasteiger partial charge in [-0.15, -0.1) is 0 Å². The van der Waals surface area contributed by atoms with E-state index in [-0.39, 0.29) is 17.0 Å². The molecular weight excluding hydrogens is 284 g/mol. The van der Waals surface area contributed by atoms with Crippen LogP contribution in [0.3, 0.4) is 0 Å². The third-order valence-electron chi connectivity index (χ3n) is 2.38. The molecule has 2 aromatic rings. The molecule has 5 heteroatoms. The number of alkyl halides is 1. The van der Waals surface area contributed by atoms with Gasteiger partial charge < -0.3 is 10.3 Å². The second kappa shape index (κ2) is 5.14. The maximum Gasteiger partial charge on any atom is 0.261 e. The summed E-state index contributed by atoms with van der Waals surface area (Å²) < 4.78 is 0. The van der Waals surface area contributed by atoms with Crippen LogP contribution in [0, 0.1) is 0 Å². The van der Waals surface area contributed by atoms with E-state index in [2.05, 4.69) is 26.2 Å². The molecule has 17 heavy (non-hydrogen) atoms. The Bertz CT molecular complexity index is 607. The number of fused-ring (bicyclic) bond motifs is 1. The average Bonchev–Trinajstić information content (AvgIpc) is 2.35. The Morgan fingerprint density at radius 2 is 2.12 bits per heavy atom. The van der Waals surface area contributed by atoms with Gasteiger partial charge in [0.25, 0.3) is 11.5 Å². The number of pyridine rings is 1. The van der Waals surface area contributed by atoms with E-state index in [9.17, 15) is 9.59 Å². The van der Waals surface area contributed by atoms with Gasteiger partial charge in [-0.25, -0.2) is 0 Å². The molecular formula is C12H11BrN2O2. The first kappa shape index (κ1) is 11.9. The normalized spacial score (nSPS) is 10.4. The molecule has 0 unspecified atom stereocenters. The molecule has 2 rings (SSSR count). The van der Waals surface area contributed by atoms with E-state index >= 15 is 0 Å². The van der Waals surface area contributed by atoms with E-state index in [1.807, 2.05) is 18.2 Å². The number of hydrogen-bond acceptors (Lipinski definition) is 2. The van der Waals surface area contributed by atoms with Crippen LogP contribution in [0.2, 0.25) is 0 Å². The summed E-state index contributed by atoms with van der Waals surface area (Å²) in [6.45, 7) is 0.491. The molecule has 0 saturated carbocycles. The highest BCUT2D eigenvalue weighted by Gasteiger charge is 2.10. The molecule has 0 aliphatic heterocycles. The highest BCUT2D eigenvalue weighted by atomic mass is 79.9. The smallest absolute Gasteiger partial charge is 0.261 e. The molecule has 1 heterocycles. The zero-order valence-corrected chi connectivity index (χ0v) is 10.6. The first-order valence-corrected chi connectivity index (χ1v) is 6.31. The molecule has 1 aromatic carbocycles. The highest BCUT2D eigenvalue weighted by Crippen LogP contribution is 2.09. The van der Waals surface area contributed by atoms with Crippen molar-refractivity contribution in [3.8, 4) is 0 Å². The van der Waals surface area contributed by atoms with Crippen molar-refractivity contribution in [3.05, 3.63) is 46.2 Å². The lowest BCUT2D eigenvalue weighted by Gasteiger charge is -2.03. The van der Waals surface area contributed by atoms with Gasteiger partial charge in [-0.05, 0) is 17.5 Å². The van der Waals surface area contributed by atoms with Crippen LogP contribution < -0.4 is 10.9 Å². The highest BCUT2D eigenvalue weighted by molar-refractivity contribution is 9.09. The Morgan fingerprint density at radius 3 is 2.88 bits per heavy atom. The minimum atomic E-state index is -0.365. The van der Waals surface area contributed by atoms with Crippen molar-refractivity contribution in [1.29, 1.82) is 0 Å². The summed E-state index contributed by atoms with van der Waals surface area (Å²) in [4.78, 5) is 26.1. The molecule has 0 bridgehead atoms. The Hall–Kier alpha value is -1.62. The molecule has 1 amide bonds. The number of hydrogen-bond donors (Lipinski definition) is 2. The van der Waals surface area contributed by atoms with Crippen molar-refractivity contribution in [2.75, 3.05) is 11.9 Å². The quantitative estimate of drug-likeness (QED) is 0.846. The van der Waals surface area contributed by atoms with Gasteiger partial charge in [0, 0.05) is 17.4 Å². The van der Waals surface area contributed by atoms with E-state index in [0.29, 0.717) is 11.9 Å². The third-order valence-corrected chi connectivity index (χ3v) is 2.77. The standard InChI is InChI=1S/C12H11BrN2O2/c13-5-6-14-11(16)9-7-8-3-1-2-4-10(8)15-12(9)17/h1-4,7H,5-6H2,(H,14,16)(H,15,17). The van der Waals surface area contributed by atoms with Crippen LogP contribution in [-0.2, 0) is 0 Å². The fourth-order valence-corrected chi connectivity index (χ4v) is 1.77. The number of para-hydroxylation sites is 1. The minimum Gasteiger partial charge on any atom is -0.351 e. The fourth-order valence-electron chi connectivity index (χ4n) is 1.57. The van der Waals surface area contributed by atoms with Crippen LogP contribution in [0.1, 0.15) is 10.4 Å². The SMILES string of the molecule is O=C(NCCBr)c1cc2ccccc2[nH]c1=O. The Kier molecular flexibility index (Phi) is 3.58. The van der Waals surface area contributed by atoms with Gasteiger partial charge in [0.05, 0.1) is 0 Å². The number of carbonyl (C=O) groups is 1. The number of carbonyl (C=O) groups excluding carboxylic acids is 1. The first-order chi connectivity index (χ1) is 8.22. The molecule has 0 radical (unpaired) electrons. The van der Waals surface area contributed by atoms with Crippen LogP contribution in [0.4, 0.5) is 0 Å². The van der Waals surface area contributed by atoms with Crippen molar-refractivity contribution in [3.63, 3.8) is 0 Å². The van der Waals surface area contributed by atoms with Crippen molar-refractivity contribution < 1.29 is 4.79 Å². The zero-order chi connectivity index (χ0) is 12.3. The maximum absolute atomic E-state index is 11.7. The zero-order valence-electron chi connectivity index (χ0n) is 9.00. The molecule has 2 N–H and O–H groups in total. The summed E-state index contributed by atoms with van der Waals surface area (Å²) in [6, 6.07) is 8.96. The largest absolute Gasteiger partial charge is 0.351 e. The Labute approximate surface area is 106 Å². The monoisotopic (exact) mass is 294 g/mol. The van der Waals surface area contributed by atoms with E-state index in [1.54, 1.807) is 12.1 Å². The van der Waals surface area contributed by atoms with Crippen LogP contribution in [0.5, 0.6) is 0 Å². The summed E-state index contributed by atoms with van der Waals surface area (Å²) >= 11 is 3.21. The topological polar surface area (TPSA) is 62.0 Å². The number of amides is 1. The molecule has 0 fully saturated rings. The summed E-state index contributed by atoms with van der Waals surface area (Å²) in [7, 11) is 0. The molecule has 1 aromatic heterocycles. The summed E-state index contributed by atoms with van der Waals surface area (Å²) in [6.07, 6.45) is 0. The number of halogens is 1. The minimum absolute atomic E-state index is 0.143. The van der Waals surface area contributed by atoms with Gasteiger partial charge in [0.15, 0.2) is 0 Å². The molecule has 4 nitrogen and oxygen atoms in total.